The van der Waals surface area contributed by atoms with Gasteiger partial charge in [-0.15, -0.1) is 0 Å². The van der Waals surface area contributed by atoms with Gasteiger partial charge in [0.2, 0.25) is 11.7 Å². The minimum absolute atomic E-state index is 0.0863. The van der Waals surface area contributed by atoms with Crippen molar-refractivity contribution < 1.29 is 18.8 Å². The van der Waals surface area contributed by atoms with Crippen molar-refractivity contribution in [2.75, 3.05) is 13.7 Å². The first-order chi connectivity index (χ1) is 17.9. The van der Waals surface area contributed by atoms with Crippen LogP contribution in [0, 0.1) is 6.92 Å². The molecule has 3 aromatic carbocycles. The molecule has 7 heteroatoms. The Morgan fingerprint density at radius 2 is 1.81 bits per heavy atom. The lowest BCUT2D eigenvalue weighted by molar-refractivity contribution is -0.120. The molecule has 0 spiro atoms. The maximum atomic E-state index is 12.4. The van der Waals surface area contributed by atoms with Gasteiger partial charge in [-0.1, -0.05) is 53.7 Å². The van der Waals surface area contributed by atoms with E-state index in [0.717, 1.165) is 33.4 Å². The molecule has 1 heterocycles. The van der Waals surface area contributed by atoms with Crippen molar-refractivity contribution >= 4 is 11.7 Å². The monoisotopic (exact) mass is 497 g/mol. The number of nitrogens with zero attached hydrogens (tertiary/aromatic N) is 2. The Balaban J connectivity index is 1.50. The Kier molecular flexibility index (Phi) is 8.59. The number of nitrogens with one attached hydrogen (secondary N) is 1. The zero-order valence-electron chi connectivity index (χ0n) is 21.4. The van der Waals surface area contributed by atoms with Crippen molar-refractivity contribution in [3.05, 3.63) is 83.4 Å². The van der Waals surface area contributed by atoms with Crippen LogP contribution in [0.2, 0.25) is 0 Å². The van der Waals surface area contributed by atoms with Gasteiger partial charge in [-0.25, -0.2) is 0 Å². The van der Waals surface area contributed by atoms with Gasteiger partial charge in [-0.05, 0) is 59.4 Å². The Hall–Kier alpha value is -4.10. The van der Waals surface area contributed by atoms with Gasteiger partial charge < -0.3 is 14.6 Å². The van der Waals surface area contributed by atoms with Crippen LogP contribution in [0.3, 0.4) is 0 Å². The van der Waals surface area contributed by atoms with Gasteiger partial charge in [0.15, 0.2) is 0 Å². The summed E-state index contributed by atoms with van der Waals surface area (Å²) in [7, 11) is 1.68. The highest BCUT2D eigenvalue weighted by Gasteiger charge is 2.15. The lowest BCUT2D eigenvalue weighted by atomic mass is 9.94. The molecule has 0 bridgehead atoms. The summed E-state index contributed by atoms with van der Waals surface area (Å²) in [6.45, 7) is 4.53. The fourth-order valence-corrected chi connectivity index (χ4v) is 4.28. The van der Waals surface area contributed by atoms with Crippen molar-refractivity contribution in [1.29, 1.82) is 0 Å². The quantitative estimate of drug-likeness (QED) is 0.273. The summed E-state index contributed by atoms with van der Waals surface area (Å²) >= 11 is 0. The molecule has 0 saturated heterocycles. The smallest absolute Gasteiger partial charge is 0.258 e. The zero-order valence-corrected chi connectivity index (χ0v) is 21.4. The summed E-state index contributed by atoms with van der Waals surface area (Å²) in [6.07, 6.45) is 1.36. The first-order valence-electron chi connectivity index (χ1n) is 12.3. The van der Waals surface area contributed by atoms with Gasteiger partial charge in [0, 0.05) is 44.5 Å². The molecule has 0 unspecified atom stereocenters. The van der Waals surface area contributed by atoms with Crippen LogP contribution in [-0.2, 0) is 27.4 Å². The molecule has 0 aliphatic carbocycles. The van der Waals surface area contributed by atoms with Gasteiger partial charge in [0.25, 0.3) is 5.89 Å². The molecular weight excluding hydrogens is 466 g/mol. The molecule has 0 radical (unpaired) electrons. The zero-order chi connectivity index (χ0) is 26.2. The first-order valence-corrected chi connectivity index (χ1v) is 12.3. The van der Waals surface area contributed by atoms with Crippen LogP contribution in [0.25, 0.3) is 34.0 Å². The molecule has 4 rings (SSSR count). The van der Waals surface area contributed by atoms with Crippen LogP contribution in [0.4, 0.5) is 0 Å². The minimum Gasteiger partial charge on any atom is -0.380 e. The Labute approximate surface area is 216 Å². The lowest BCUT2D eigenvalue weighted by Gasteiger charge is -2.12. The fraction of sp³-hybridized carbons (Fsp3) is 0.267. The first kappa shape index (κ1) is 26.0. The number of ketones is 1. The second kappa shape index (κ2) is 12.2. The molecule has 7 nitrogen and oxygen atoms in total. The lowest BCUT2D eigenvalue weighted by Crippen LogP contribution is -2.21. The Morgan fingerprint density at radius 3 is 2.59 bits per heavy atom. The third kappa shape index (κ3) is 6.77. The van der Waals surface area contributed by atoms with Crippen LogP contribution >= 0.6 is 0 Å². The fourth-order valence-electron chi connectivity index (χ4n) is 4.28. The highest BCUT2D eigenvalue weighted by Crippen LogP contribution is 2.31. The molecule has 1 N–H and O–H groups in total. The Bertz CT molecular complexity index is 1390. The number of aromatic nitrogens is 2. The predicted molar refractivity (Wildman–Crippen MR) is 143 cm³/mol. The number of ether oxygens (including phenoxy) is 1. The van der Waals surface area contributed by atoms with E-state index >= 15 is 0 Å². The molecule has 1 amide bonds. The average molecular weight is 498 g/mol. The third-order valence-corrected chi connectivity index (χ3v) is 6.11. The maximum Gasteiger partial charge on any atom is 0.258 e. The normalized spacial score (nSPS) is 10.9. The van der Waals surface area contributed by atoms with E-state index in [2.05, 4.69) is 40.6 Å². The molecule has 0 fully saturated rings. The third-order valence-electron chi connectivity index (χ3n) is 6.11. The van der Waals surface area contributed by atoms with E-state index in [-0.39, 0.29) is 11.7 Å². The highest BCUT2D eigenvalue weighted by atomic mass is 16.5. The molecule has 0 saturated carbocycles. The molecule has 4 aromatic rings. The summed E-state index contributed by atoms with van der Waals surface area (Å²) in [6, 6.07) is 22.0. The molecule has 190 valence electrons. The average Bonchev–Trinajstić information content (AvgIpc) is 3.38. The largest absolute Gasteiger partial charge is 0.380 e. The Morgan fingerprint density at radius 1 is 0.973 bits per heavy atom. The molecule has 0 atom stereocenters. The number of aryl methyl sites for hydroxylation is 1. The number of hydrogen-bond acceptors (Lipinski definition) is 6. The SMILES string of the molecule is COCc1cc(-c2nc(-c3cccc(CC(=O)CCCNC(C)=O)c3)no2)ccc1-c1ccccc1C. The van der Waals surface area contributed by atoms with Crippen molar-refractivity contribution in [2.45, 2.75) is 39.7 Å². The van der Waals surface area contributed by atoms with Crippen LogP contribution < -0.4 is 5.32 Å². The van der Waals surface area contributed by atoms with E-state index in [1.54, 1.807) is 7.11 Å². The number of Topliss-reactive ketones (excluding diaryl/α,β-unsaturated/α-hetero) is 1. The summed E-state index contributed by atoms with van der Waals surface area (Å²) in [5.41, 5.74) is 6.98. The van der Waals surface area contributed by atoms with E-state index in [0.29, 0.717) is 44.1 Å². The maximum absolute atomic E-state index is 12.4. The molecular formula is C30H31N3O4. The number of amides is 1. The predicted octanol–water partition coefficient (Wildman–Crippen LogP) is 5.55. The van der Waals surface area contributed by atoms with Gasteiger partial charge in [-0.2, -0.15) is 4.98 Å². The number of carbonyl (C=O) groups excluding carboxylic acids is 2. The van der Waals surface area contributed by atoms with Crippen LogP contribution in [0.15, 0.2) is 71.3 Å². The van der Waals surface area contributed by atoms with Crippen molar-refractivity contribution in [3.63, 3.8) is 0 Å². The number of carbonyl (C=O) groups is 2. The van der Waals surface area contributed by atoms with E-state index in [1.165, 1.54) is 12.5 Å². The molecule has 37 heavy (non-hydrogen) atoms. The van der Waals surface area contributed by atoms with Gasteiger partial charge in [0.1, 0.15) is 5.78 Å². The van der Waals surface area contributed by atoms with Crippen molar-refractivity contribution in [1.82, 2.24) is 15.5 Å². The van der Waals surface area contributed by atoms with Gasteiger partial charge in [0.05, 0.1) is 6.61 Å². The summed E-state index contributed by atoms with van der Waals surface area (Å²) in [5.74, 6) is 0.918. The van der Waals surface area contributed by atoms with Gasteiger partial charge in [-0.3, -0.25) is 9.59 Å². The van der Waals surface area contributed by atoms with Crippen LogP contribution in [0.5, 0.6) is 0 Å². The van der Waals surface area contributed by atoms with E-state index in [9.17, 15) is 9.59 Å². The number of hydrogen-bond donors (Lipinski definition) is 1. The highest BCUT2D eigenvalue weighted by molar-refractivity contribution is 5.81. The summed E-state index contributed by atoms with van der Waals surface area (Å²) in [5, 5.41) is 6.90. The van der Waals surface area contributed by atoms with Crippen molar-refractivity contribution in [3.8, 4) is 34.0 Å². The van der Waals surface area contributed by atoms with Crippen molar-refractivity contribution in [2.24, 2.45) is 0 Å². The topological polar surface area (TPSA) is 94.3 Å². The molecule has 0 aliphatic rings. The van der Waals surface area contributed by atoms with E-state index in [4.69, 9.17) is 9.26 Å². The molecule has 0 aliphatic heterocycles. The minimum atomic E-state index is -0.0863. The second-order valence-corrected chi connectivity index (χ2v) is 9.05. The van der Waals surface area contributed by atoms with Gasteiger partial charge >= 0.3 is 0 Å². The number of benzene rings is 3. The van der Waals surface area contributed by atoms with E-state index in [1.807, 2.05) is 48.5 Å². The summed E-state index contributed by atoms with van der Waals surface area (Å²) in [4.78, 5) is 27.9. The van der Waals surface area contributed by atoms with Crippen LogP contribution in [0.1, 0.15) is 36.5 Å². The molecule has 1 aromatic heterocycles. The number of rotatable bonds is 11. The second-order valence-electron chi connectivity index (χ2n) is 9.05. The van der Waals surface area contributed by atoms with Crippen LogP contribution in [-0.4, -0.2) is 35.5 Å². The summed E-state index contributed by atoms with van der Waals surface area (Å²) < 4.78 is 11.1. The standard InChI is InChI=1S/C30H31N3O4/c1-20-8-4-5-12-27(20)28-14-13-24(18-25(28)19-36-3)30-32-29(33-37-30)23-10-6-9-22(16-23)17-26(35)11-7-15-31-21(2)34/h4-6,8-10,12-14,16,18H,7,11,15,17,19H2,1-3H3,(H,31,34). The number of methoxy groups -OCH3 is 1. The van der Waals surface area contributed by atoms with E-state index < -0.39 is 0 Å².